The van der Waals surface area contributed by atoms with E-state index in [1.54, 1.807) is 0 Å². The van der Waals surface area contributed by atoms with Gasteiger partial charge in [0.05, 0.1) is 32.1 Å². The van der Waals surface area contributed by atoms with Crippen molar-refractivity contribution >= 4 is 119 Å². The maximum Gasteiger partial charge on any atom is 0.0640 e. The first-order valence-corrected chi connectivity index (χ1v) is 26.1. The van der Waals surface area contributed by atoms with Gasteiger partial charge in [0.1, 0.15) is 0 Å². The summed E-state index contributed by atoms with van der Waals surface area (Å²) in [5.74, 6) is 0. The zero-order valence-electron chi connectivity index (χ0n) is 39.1. The van der Waals surface area contributed by atoms with Crippen LogP contribution in [0.5, 0.6) is 0 Å². The van der Waals surface area contributed by atoms with E-state index in [9.17, 15) is 0 Å². The maximum atomic E-state index is 2.49. The predicted octanol–water partition coefficient (Wildman–Crippen LogP) is 20.7. The fraction of sp³-hybridized carbons (Fsp3) is 0. The predicted molar refractivity (Wildman–Crippen MR) is 313 cm³/mol. The second-order valence-electron chi connectivity index (χ2n) is 18.4. The van der Waals surface area contributed by atoms with Crippen LogP contribution in [0.4, 0.5) is 34.1 Å². The number of para-hydroxylation sites is 2. The van der Waals surface area contributed by atoms with E-state index >= 15 is 0 Å². The Labute approximate surface area is 426 Å². The molecule has 72 heavy (non-hydrogen) atoms. The molecule has 0 atom stereocenters. The van der Waals surface area contributed by atoms with Crippen LogP contribution in [-0.2, 0) is 0 Å². The highest BCUT2D eigenvalue weighted by Crippen LogP contribution is 2.52. The van der Waals surface area contributed by atoms with Crippen LogP contribution in [0.1, 0.15) is 0 Å². The highest BCUT2D eigenvalue weighted by molar-refractivity contribution is 7.26. The number of nitrogens with zero attached hydrogens (tertiary/aromatic N) is 2. The first-order chi connectivity index (χ1) is 35.7. The van der Waals surface area contributed by atoms with E-state index in [4.69, 9.17) is 0 Å². The molecule has 0 radical (unpaired) electrons. The van der Waals surface area contributed by atoms with E-state index in [0.29, 0.717) is 0 Å². The summed E-state index contributed by atoms with van der Waals surface area (Å²) >= 11 is 3.73. The molecule has 14 rings (SSSR count). The highest BCUT2D eigenvalue weighted by atomic mass is 32.1. The van der Waals surface area contributed by atoms with Gasteiger partial charge in [0.15, 0.2) is 0 Å². The van der Waals surface area contributed by atoms with Crippen molar-refractivity contribution in [2.24, 2.45) is 0 Å². The number of fused-ring (bicyclic) bond motifs is 8. The number of anilines is 6. The van der Waals surface area contributed by atoms with Crippen molar-refractivity contribution in [2.75, 3.05) is 9.80 Å². The Balaban J connectivity index is 0.971. The van der Waals surface area contributed by atoms with Gasteiger partial charge in [-0.05, 0) is 111 Å². The lowest BCUT2D eigenvalue weighted by molar-refractivity contribution is 1.28. The van der Waals surface area contributed by atoms with E-state index in [1.807, 2.05) is 22.7 Å². The molecule has 0 aliphatic heterocycles. The third kappa shape index (κ3) is 7.14. The average Bonchev–Trinajstić information content (AvgIpc) is 4.03. The molecule has 2 aromatic heterocycles. The van der Waals surface area contributed by atoms with Crippen LogP contribution in [0.15, 0.2) is 267 Å². The van der Waals surface area contributed by atoms with Crippen molar-refractivity contribution in [3.63, 3.8) is 0 Å². The molecule has 0 spiro atoms. The summed E-state index contributed by atoms with van der Waals surface area (Å²) in [6.45, 7) is 0. The maximum absolute atomic E-state index is 2.49. The van der Waals surface area contributed by atoms with Crippen molar-refractivity contribution in [3.8, 4) is 33.4 Å². The number of thiophene rings is 2. The molecule has 2 nitrogen and oxygen atoms in total. The highest BCUT2D eigenvalue weighted by Gasteiger charge is 2.26. The van der Waals surface area contributed by atoms with Crippen LogP contribution in [0.2, 0.25) is 0 Å². The van der Waals surface area contributed by atoms with E-state index in [1.165, 1.54) is 84.1 Å². The molecule has 0 aliphatic carbocycles. The second-order valence-corrected chi connectivity index (χ2v) is 20.5. The Morgan fingerprint density at radius 3 is 1.24 bits per heavy atom. The zero-order valence-corrected chi connectivity index (χ0v) is 40.7. The monoisotopic (exact) mass is 952 g/mol. The second kappa shape index (κ2) is 17.6. The smallest absolute Gasteiger partial charge is 0.0640 e. The summed E-state index contributed by atoms with van der Waals surface area (Å²) in [6, 6.07) is 98.1. The normalized spacial score (nSPS) is 11.6. The molecule has 14 aromatic rings. The summed E-state index contributed by atoms with van der Waals surface area (Å²) in [5, 5.41) is 10.1. The molecule has 0 aliphatic rings. The third-order valence-electron chi connectivity index (χ3n) is 14.3. The van der Waals surface area contributed by atoms with Crippen LogP contribution in [0.3, 0.4) is 0 Å². The van der Waals surface area contributed by atoms with E-state index in [2.05, 4.69) is 277 Å². The summed E-state index contributed by atoms with van der Waals surface area (Å²) in [5.41, 5.74) is 13.7. The molecule has 0 saturated heterocycles. The molecular weight excluding hydrogens is 909 g/mol. The van der Waals surface area contributed by atoms with Gasteiger partial charge in [-0.2, -0.15) is 0 Å². The Bertz CT molecular complexity index is 4350. The molecule has 4 heteroatoms. The number of hydrogen-bond donors (Lipinski definition) is 0. The van der Waals surface area contributed by atoms with E-state index in [0.717, 1.165) is 45.3 Å². The summed E-state index contributed by atoms with van der Waals surface area (Å²) in [7, 11) is 0. The molecule has 0 saturated carbocycles. The van der Waals surface area contributed by atoms with Crippen molar-refractivity contribution < 1.29 is 0 Å². The lowest BCUT2D eigenvalue weighted by atomic mass is 9.96. The quantitative estimate of drug-likeness (QED) is 0.142. The SMILES string of the molecule is c1ccc(N(c2ccc(-c3ccc4ccccc4c3)cc2)c2cccc3c2sc2ccccc23)c(-c2ccccc2N(c2ccc(-c3cccc4ccccc34)cc2)c2cccc3c2sc2ccccc23)c1. The summed E-state index contributed by atoms with van der Waals surface area (Å²) in [4.78, 5) is 4.98. The zero-order chi connectivity index (χ0) is 47.5. The van der Waals surface area contributed by atoms with E-state index in [-0.39, 0.29) is 0 Å². The van der Waals surface area contributed by atoms with Crippen LogP contribution < -0.4 is 9.80 Å². The van der Waals surface area contributed by atoms with Gasteiger partial charge in [-0.15, -0.1) is 22.7 Å². The average molecular weight is 953 g/mol. The lowest BCUT2D eigenvalue weighted by Crippen LogP contribution is -2.14. The number of rotatable bonds is 9. The van der Waals surface area contributed by atoms with Gasteiger partial charge in [0, 0.05) is 53.4 Å². The largest absolute Gasteiger partial charge is 0.308 e. The Morgan fingerprint density at radius 1 is 0.236 bits per heavy atom. The first-order valence-electron chi connectivity index (χ1n) is 24.5. The minimum atomic E-state index is 1.09. The third-order valence-corrected chi connectivity index (χ3v) is 16.7. The standard InChI is InChI=1S/C68H44N2S2/c1-2-18-49-44-50(35-34-45(49)16-1)46-36-40-51(41-37-46)69(63-30-14-26-59-57-23-7-11-32-65(57)71-67(59)63)61-28-9-5-21-55(61)56-22-6-10-29-62(56)70(64-31-15-27-60-58-24-8-12-33-66(58)72-68(60)64)52-42-38-48(39-43-52)54-25-13-19-47-17-3-4-20-53(47)54/h1-44H. The summed E-state index contributed by atoms with van der Waals surface area (Å²) in [6.07, 6.45) is 0. The molecule has 2 heterocycles. The Morgan fingerprint density at radius 2 is 0.639 bits per heavy atom. The fourth-order valence-corrected chi connectivity index (χ4v) is 13.3. The minimum Gasteiger partial charge on any atom is -0.308 e. The van der Waals surface area contributed by atoms with Gasteiger partial charge < -0.3 is 9.80 Å². The molecule has 0 N–H and O–H groups in total. The van der Waals surface area contributed by atoms with Gasteiger partial charge in [0.25, 0.3) is 0 Å². The van der Waals surface area contributed by atoms with Gasteiger partial charge in [-0.3, -0.25) is 0 Å². The molecule has 0 bridgehead atoms. The molecule has 0 unspecified atom stereocenters. The topological polar surface area (TPSA) is 6.48 Å². The van der Waals surface area contributed by atoms with Crippen molar-refractivity contribution in [2.45, 2.75) is 0 Å². The van der Waals surface area contributed by atoms with Gasteiger partial charge in [0.2, 0.25) is 0 Å². The van der Waals surface area contributed by atoms with Gasteiger partial charge >= 0.3 is 0 Å². The molecular formula is C68H44N2S2. The van der Waals surface area contributed by atoms with Crippen LogP contribution in [0.25, 0.3) is 95.3 Å². The Hall–Kier alpha value is -8.80. The Kier molecular flexibility index (Phi) is 10.3. The van der Waals surface area contributed by atoms with Crippen LogP contribution in [-0.4, -0.2) is 0 Å². The van der Waals surface area contributed by atoms with Crippen LogP contribution in [0, 0.1) is 0 Å². The molecule has 12 aromatic carbocycles. The number of benzene rings is 12. The number of hydrogen-bond acceptors (Lipinski definition) is 4. The fourth-order valence-electron chi connectivity index (χ4n) is 10.9. The van der Waals surface area contributed by atoms with Gasteiger partial charge in [-0.1, -0.05) is 200 Å². The molecule has 0 fully saturated rings. The summed E-state index contributed by atoms with van der Waals surface area (Å²) < 4.78 is 5.07. The molecule has 0 amide bonds. The van der Waals surface area contributed by atoms with E-state index < -0.39 is 0 Å². The van der Waals surface area contributed by atoms with Crippen molar-refractivity contribution in [1.82, 2.24) is 0 Å². The van der Waals surface area contributed by atoms with Crippen molar-refractivity contribution in [1.29, 1.82) is 0 Å². The lowest BCUT2D eigenvalue weighted by Gasteiger charge is -2.31. The minimum absolute atomic E-state index is 1.09. The first kappa shape index (κ1) is 42.1. The van der Waals surface area contributed by atoms with Crippen LogP contribution >= 0.6 is 22.7 Å². The van der Waals surface area contributed by atoms with Gasteiger partial charge in [-0.25, -0.2) is 0 Å². The molecule has 338 valence electrons. The van der Waals surface area contributed by atoms with Crippen molar-refractivity contribution in [3.05, 3.63) is 267 Å².